The van der Waals surface area contributed by atoms with Crippen molar-refractivity contribution in [3.05, 3.63) is 59.4 Å². The summed E-state index contributed by atoms with van der Waals surface area (Å²) >= 11 is 6.01. The number of aromatic nitrogens is 2. The Labute approximate surface area is 202 Å². The highest BCUT2D eigenvalue weighted by Crippen LogP contribution is 2.23. The van der Waals surface area contributed by atoms with Gasteiger partial charge in [0.15, 0.2) is 6.10 Å². The quantitative estimate of drug-likeness (QED) is 0.549. The van der Waals surface area contributed by atoms with Gasteiger partial charge in [-0.25, -0.2) is 9.97 Å². The van der Waals surface area contributed by atoms with Crippen LogP contribution in [0.15, 0.2) is 48.8 Å². The average molecular weight is 484 g/mol. The first-order valence-corrected chi connectivity index (χ1v) is 11.2. The number of nitrogen functional groups attached to an aromatic ring is 1. The molecule has 0 spiro atoms. The lowest BCUT2D eigenvalue weighted by molar-refractivity contribution is -0.157. The summed E-state index contributed by atoms with van der Waals surface area (Å²) in [6, 6.07) is 11.8. The fraction of sp³-hybridized carbons (Fsp3) is 0.333. The van der Waals surface area contributed by atoms with Crippen molar-refractivity contribution in [3.8, 4) is 5.75 Å². The van der Waals surface area contributed by atoms with Gasteiger partial charge in [-0.1, -0.05) is 23.7 Å². The largest absolute Gasteiger partial charge is 0.481 e. The summed E-state index contributed by atoms with van der Waals surface area (Å²) in [7, 11) is 1.51. The van der Waals surface area contributed by atoms with Crippen molar-refractivity contribution in [2.75, 3.05) is 32.5 Å². The molecule has 2 N–H and O–H groups in total. The van der Waals surface area contributed by atoms with Crippen LogP contribution in [0.3, 0.4) is 0 Å². The predicted octanol–water partition coefficient (Wildman–Crippen LogP) is 2.52. The normalized spacial score (nSPS) is 17.1. The average Bonchev–Trinajstić information content (AvgIpc) is 2.81. The fourth-order valence-electron chi connectivity index (χ4n) is 4.05. The van der Waals surface area contributed by atoms with Crippen molar-refractivity contribution < 1.29 is 19.1 Å². The predicted molar refractivity (Wildman–Crippen MR) is 128 cm³/mol. The van der Waals surface area contributed by atoms with E-state index >= 15 is 0 Å². The lowest BCUT2D eigenvalue weighted by atomic mass is 10.1. The second-order valence-electron chi connectivity index (χ2n) is 8.09. The van der Waals surface area contributed by atoms with Crippen LogP contribution in [-0.4, -0.2) is 70.5 Å². The number of hydrogen-bond acceptors (Lipinski definition) is 7. The smallest absolute Gasteiger partial charge is 0.264 e. The van der Waals surface area contributed by atoms with Gasteiger partial charge in [0.05, 0.1) is 12.1 Å². The Hall–Kier alpha value is -3.43. The molecular weight excluding hydrogens is 458 g/mol. The number of methoxy groups -OCH3 is 1. The van der Waals surface area contributed by atoms with Gasteiger partial charge in [0, 0.05) is 37.2 Å². The van der Waals surface area contributed by atoms with Gasteiger partial charge < -0.3 is 25.0 Å². The van der Waals surface area contributed by atoms with Crippen LogP contribution >= 0.6 is 11.6 Å². The van der Waals surface area contributed by atoms with E-state index in [1.165, 1.54) is 18.3 Å². The van der Waals surface area contributed by atoms with E-state index in [1.54, 1.807) is 36.1 Å². The Balaban J connectivity index is 1.47. The molecule has 34 heavy (non-hydrogen) atoms. The molecule has 0 saturated carbocycles. The molecule has 9 nitrogen and oxygen atoms in total. The maximum Gasteiger partial charge on any atom is 0.264 e. The molecule has 0 bridgehead atoms. The third kappa shape index (κ3) is 5.05. The molecule has 10 heteroatoms. The van der Waals surface area contributed by atoms with Gasteiger partial charge in [-0.05, 0) is 42.8 Å². The minimum atomic E-state index is -0.789. The molecule has 1 unspecified atom stereocenters. The molecule has 0 aliphatic carbocycles. The summed E-state index contributed by atoms with van der Waals surface area (Å²) in [4.78, 5) is 38.0. The van der Waals surface area contributed by atoms with Gasteiger partial charge in [0.25, 0.3) is 5.91 Å². The van der Waals surface area contributed by atoms with Gasteiger partial charge in [-0.15, -0.1) is 0 Å². The van der Waals surface area contributed by atoms with E-state index in [-0.39, 0.29) is 18.4 Å². The van der Waals surface area contributed by atoms with Gasteiger partial charge >= 0.3 is 0 Å². The number of piperazine rings is 1. The molecule has 2 amide bonds. The number of ether oxygens (including phenoxy) is 2. The molecule has 2 atom stereocenters. The monoisotopic (exact) mass is 483 g/mol. The minimum Gasteiger partial charge on any atom is -0.481 e. The third-order valence-electron chi connectivity index (χ3n) is 5.75. The van der Waals surface area contributed by atoms with Crippen LogP contribution in [0.1, 0.15) is 12.5 Å². The molecule has 3 aromatic rings. The molecular formula is C24H26ClN5O4. The van der Waals surface area contributed by atoms with E-state index in [4.69, 9.17) is 26.8 Å². The van der Waals surface area contributed by atoms with E-state index in [2.05, 4.69) is 9.97 Å². The molecule has 2 heterocycles. The van der Waals surface area contributed by atoms with Crippen LogP contribution in [0.2, 0.25) is 5.02 Å². The zero-order chi connectivity index (χ0) is 24.2. The number of amides is 2. The molecule has 4 rings (SSSR count). The van der Waals surface area contributed by atoms with Crippen molar-refractivity contribution in [2.45, 2.75) is 25.6 Å². The van der Waals surface area contributed by atoms with Crippen molar-refractivity contribution in [3.63, 3.8) is 0 Å². The van der Waals surface area contributed by atoms with Crippen LogP contribution in [0.4, 0.5) is 5.82 Å². The summed E-state index contributed by atoms with van der Waals surface area (Å²) in [6.45, 7) is 2.89. The molecule has 1 fully saturated rings. The molecule has 2 aromatic carbocycles. The highest BCUT2D eigenvalue weighted by molar-refractivity contribution is 6.30. The van der Waals surface area contributed by atoms with E-state index in [0.29, 0.717) is 41.7 Å². The number of anilines is 1. The summed E-state index contributed by atoms with van der Waals surface area (Å²) < 4.78 is 11.1. The second kappa shape index (κ2) is 10.2. The summed E-state index contributed by atoms with van der Waals surface area (Å²) in [6.07, 6.45) is 0.626. The summed E-state index contributed by atoms with van der Waals surface area (Å²) in [5.74, 6) is 0.433. The topological polar surface area (TPSA) is 111 Å². The molecule has 1 aliphatic rings. The number of nitrogens with zero attached hydrogens (tertiary/aromatic N) is 4. The lowest BCUT2D eigenvalue weighted by Crippen LogP contribution is -2.61. The van der Waals surface area contributed by atoms with E-state index in [0.717, 1.165) is 10.9 Å². The molecule has 178 valence electrons. The number of benzene rings is 2. The van der Waals surface area contributed by atoms with Crippen LogP contribution in [0.5, 0.6) is 5.75 Å². The number of carbonyl (C=O) groups is 2. The minimum absolute atomic E-state index is 0.0897. The van der Waals surface area contributed by atoms with Crippen molar-refractivity contribution in [2.24, 2.45) is 0 Å². The van der Waals surface area contributed by atoms with Gasteiger partial charge in [-0.2, -0.15) is 0 Å². The molecule has 0 radical (unpaired) electrons. The third-order valence-corrected chi connectivity index (χ3v) is 5.99. The number of nitrogens with two attached hydrogens (primary N) is 1. The number of halogens is 1. The Morgan fingerprint density at radius 2 is 2.06 bits per heavy atom. The molecule has 1 aliphatic heterocycles. The van der Waals surface area contributed by atoms with E-state index < -0.39 is 12.1 Å². The summed E-state index contributed by atoms with van der Waals surface area (Å²) in [5.41, 5.74) is 7.53. The number of rotatable bonds is 7. The van der Waals surface area contributed by atoms with Crippen molar-refractivity contribution in [1.29, 1.82) is 0 Å². The first-order chi connectivity index (χ1) is 16.4. The first-order valence-electron chi connectivity index (χ1n) is 10.9. The van der Waals surface area contributed by atoms with Crippen LogP contribution < -0.4 is 10.5 Å². The van der Waals surface area contributed by atoms with E-state index in [1.807, 2.05) is 18.2 Å². The summed E-state index contributed by atoms with van der Waals surface area (Å²) in [5, 5.41) is 1.28. The number of hydrogen-bond donors (Lipinski definition) is 1. The number of fused-ring (bicyclic) bond motifs is 1. The zero-order valence-electron chi connectivity index (χ0n) is 19.0. The van der Waals surface area contributed by atoms with Gasteiger partial charge in [-0.3, -0.25) is 9.59 Å². The van der Waals surface area contributed by atoms with Crippen LogP contribution in [0.25, 0.3) is 10.9 Å². The highest BCUT2D eigenvalue weighted by Gasteiger charge is 2.39. The lowest BCUT2D eigenvalue weighted by Gasteiger charge is -2.41. The Morgan fingerprint density at radius 1 is 1.24 bits per heavy atom. The fourth-order valence-corrected chi connectivity index (χ4v) is 4.23. The molecule has 1 aromatic heterocycles. The Kier molecular flexibility index (Phi) is 7.14. The highest BCUT2D eigenvalue weighted by atomic mass is 35.5. The standard InChI is InChI=1S/C24H26ClN5O4/c1-15(34-18-5-3-4-17(25)11-18)23(31)30-9-8-29(24(32)21(30)13-33-2)12-16-6-7-19-20(10-16)27-14-28-22(19)26/h3-7,10-11,14-15,21H,8-9,12-13H2,1-2H3,(H2,26,27,28)/t15?,21-/m1/s1. The zero-order valence-corrected chi connectivity index (χ0v) is 19.7. The second-order valence-corrected chi connectivity index (χ2v) is 8.53. The Morgan fingerprint density at radius 3 is 2.82 bits per heavy atom. The van der Waals surface area contributed by atoms with Crippen molar-refractivity contribution >= 4 is 40.1 Å². The SMILES string of the molecule is COC[C@@H]1C(=O)N(Cc2ccc3c(N)ncnc3c2)CCN1C(=O)C(C)Oc1cccc(Cl)c1. The van der Waals surface area contributed by atoms with Gasteiger partial charge in [0.2, 0.25) is 5.91 Å². The van der Waals surface area contributed by atoms with Crippen LogP contribution in [-0.2, 0) is 20.9 Å². The van der Waals surface area contributed by atoms with Crippen molar-refractivity contribution in [1.82, 2.24) is 19.8 Å². The first kappa shape index (κ1) is 23.7. The maximum absolute atomic E-state index is 13.3. The molecule has 1 saturated heterocycles. The number of carbonyl (C=O) groups excluding carboxylic acids is 2. The van der Waals surface area contributed by atoms with E-state index in [9.17, 15) is 9.59 Å². The Bertz CT molecular complexity index is 1210. The maximum atomic E-state index is 13.3. The van der Waals surface area contributed by atoms with Gasteiger partial charge in [0.1, 0.15) is 23.9 Å². The van der Waals surface area contributed by atoms with Crippen LogP contribution in [0, 0.1) is 0 Å².